The van der Waals surface area contributed by atoms with Crippen LogP contribution in [-0.4, -0.2) is 428 Å². The molecule has 7 heterocycles. The van der Waals surface area contributed by atoms with Crippen molar-refractivity contribution in [1.82, 2.24) is 30.2 Å². The fourth-order valence-corrected chi connectivity index (χ4v) is 22.7. The quantitative estimate of drug-likeness (QED) is 0.0159. The van der Waals surface area contributed by atoms with Crippen LogP contribution in [0, 0.1) is 0 Å². The van der Waals surface area contributed by atoms with Gasteiger partial charge in [-0.3, -0.25) is 9.80 Å². The Morgan fingerprint density at radius 3 is 0.656 bits per heavy atom. The van der Waals surface area contributed by atoms with Crippen LogP contribution in [0.25, 0.3) is 0 Å². The zero-order valence-corrected chi connectivity index (χ0v) is 98.1. The predicted molar refractivity (Wildman–Crippen MR) is 578 cm³/mol. The van der Waals surface area contributed by atoms with Crippen LogP contribution < -0.4 is 39.3 Å². The van der Waals surface area contributed by atoms with Crippen molar-refractivity contribution in [3.63, 3.8) is 0 Å². The highest BCUT2D eigenvalue weighted by molar-refractivity contribution is 6.78. The number of nitrogens with zero attached hydrogens (tertiary/aromatic N) is 4. The first-order valence-corrected chi connectivity index (χ1v) is 81.8. The molecule has 0 aromatic rings. The summed E-state index contributed by atoms with van der Waals surface area (Å²) in [6.07, 6.45) is 16.4. The highest BCUT2D eigenvalue weighted by atomic mass is 28.3. The summed E-state index contributed by atoms with van der Waals surface area (Å²) in [5, 5.41) is 17.6. The van der Waals surface area contributed by atoms with Crippen molar-refractivity contribution in [2.45, 2.75) is 331 Å². The zero-order chi connectivity index (χ0) is 98.2. The minimum atomic E-state index is -1.03. The van der Waals surface area contributed by atoms with Crippen molar-refractivity contribution in [2.75, 3.05) is 289 Å². The Morgan fingerprint density at radius 2 is 0.450 bits per heavy atom. The predicted octanol–water partition coefficient (Wildman–Crippen LogP) is 13.7. The normalized spacial score (nSPS) is 19.3. The van der Waals surface area contributed by atoms with Gasteiger partial charge in [-0.2, -0.15) is 0 Å². The average molecular weight is 2010 g/mol. The van der Waals surface area contributed by atoms with E-state index in [4.69, 9.17) is 99.7 Å². The lowest BCUT2D eigenvalue weighted by atomic mass is 10.2. The van der Waals surface area contributed by atoms with Crippen LogP contribution in [0.1, 0.15) is 77.0 Å². The number of hydrogen-bond donors (Lipinski definition) is 8. The summed E-state index contributed by atoms with van der Waals surface area (Å²) in [5.41, 5.74) is 29.1. The molecule has 131 heavy (non-hydrogen) atoms. The van der Waals surface area contributed by atoms with Gasteiger partial charge < -0.3 is 125 Å². The van der Waals surface area contributed by atoms with Crippen LogP contribution in [-0.2, 0) is 71.1 Å². The Labute approximate surface area is 815 Å². The van der Waals surface area contributed by atoms with E-state index in [-0.39, 0.29) is 0 Å². The fourth-order valence-electron chi connectivity index (χ4n) is 13.1. The molecule has 7 aliphatic heterocycles. The molecule has 7 aliphatic rings. The third-order valence-corrected chi connectivity index (χ3v) is 36.7. The van der Waals surface area contributed by atoms with Gasteiger partial charge in [0, 0.05) is 242 Å². The van der Waals surface area contributed by atoms with E-state index >= 15 is 0 Å². The third kappa shape index (κ3) is 114. The van der Waals surface area contributed by atoms with Crippen molar-refractivity contribution in [3.8, 4) is 0 Å². The Bertz CT molecular complexity index is 2170. The molecule has 0 radical (unpaired) electrons. The highest BCUT2D eigenvalue weighted by Crippen LogP contribution is 2.21. The lowest BCUT2D eigenvalue weighted by Gasteiger charge is -2.30. The minimum Gasteiger partial charge on any atom is -0.391 e. The van der Waals surface area contributed by atoms with Crippen LogP contribution in [0.3, 0.4) is 0 Å². The van der Waals surface area contributed by atoms with Gasteiger partial charge in [0.1, 0.15) is 42.7 Å². The van der Waals surface area contributed by atoms with Crippen LogP contribution in [0.4, 0.5) is 0 Å². The molecule has 0 saturated carbocycles. The molecule has 8 atom stereocenters. The topological polar surface area (TPSA) is 349 Å². The molecule has 0 aliphatic carbocycles. The summed E-state index contributed by atoms with van der Waals surface area (Å²) in [5.74, 6) is 0. The second-order valence-electron chi connectivity index (χ2n) is 46.9. The molecule has 0 bridgehead atoms. The molecule has 13 N–H and O–H groups in total. The lowest BCUT2D eigenvalue weighted by Crippen LogP contribution is -2.45. The van der Waals surface area contributed by atoms with Crippen LogP contribution >= 0.6 is 0 Å². The van der Waals surface area contributed by atoms with E-state index in [0.29, 0.717) is 81.9 Å². The largest absolute Gasteiger partial charge is 0.391 e. The second-order valence-corrected chi connectivity index (χ2v) is 91.9. The monoisotopic (exact) mass is 2010 g/mol. The maximum Gasteiger partial charge on any atom is 0.104 e. The first-order valence-electron chi connectivity index (χ1n) is 52.2. The van der Waals surface area contributed by atoms with E-state index in [1.165, 1.54) is 106 Å². The number of aliphatic hydroxyl groups excluding tert-OH is 1. The van der Waals surface area contributed by atoms with Crippen molar-refractivity contribution < 1.29 is 76.2 Å². The molecular formula is C96H221N11O16Si8. The first-order chi connectivity index (χ1) is 61.7. The lowest BCUT2D eigenvalue weighted by molar-refractivity contribution is 0.0276. The molecule has 8 unspecified atom stereocenters. The minimum absolute atomic E-state index is 0.418. The maximum absolute atomic E-state index is 10.4. The van der Waals surface area contributed by atoms with Gasteiger partial charge in [-0.05, 0) is 83.7 Å². The zero-order valence-electron chi connectivity index (χ0n) is 90.1. The second kappa shape index (κ2) is 80.0. The number of epoxide rings is 7. The highest BCUT2D eigenvalue weighted by Gasteiger charge is 2.29. The number of ether oxygens (including phenoxy) is 15. The van der Waals surface area contributed by atoms with Gasteiger partial charge in [-0.1, -0.05) is 212 Å². The number of nitrogens with two attached hydrogens (primary N) is 5. The van der Waals surface area contributed by atoms with Gasteiger partial charge in [0.05, 0.1) is 105 Å². The van der Waals surface area contributed by atoms with Gasteiger partial charge in [0.25, 0.3) is 0 Å². The number of unbranched alkanes of at least 4 members (excludes halogenated alkanes) is 2. The molecule has 0 spiro atoms. The molecule has 7 rings (SSSR count). The molecule has 7 fully saturated rings. The van der Waals surface area contributed by atoms with Gasteiger partial charge in [0.2, 0.25) is 0 Å². The molecule has 35 heteroatoms. The summed E-state index contributed by atoms with van der Waals surface area (Å²) < 4.78 is 79.2. The summed E-state index contributed by atoms with van der Waals surface area (Å²) in [6, 6.07) is 10.9. The van der Waals surface area contributed by atoms with Crippen LogP contribution in [0.15, 0.2) is 0 Å². The van der Waals surface area contributed by atoms with E-state index in [2.05, 4.69) is 187 Å². The van der Waals surface area contributed by atoms with Crippen LogP contribution in [0.2, 0.25) is 205 Å². The Hall–Kier alpha value is 0.655. The van der Waals surface area contributed by atoms with Gasteiger partial charge >= 0.3 is 0 Å². The number of nitrogens with one attached hydrogen (secondary N) is 2. The van der Waals surface area contributed by atoms with E-state index in [0.717, 1.165) is 269 Å². The molecule has 0 amide bonds. The summed E-state index contributed by atoms with van der Waals surface area (Å²) in [4.78, 5) is 9.88. The van der Waals surface area contributed by atoms with Gasteiger partial charge in [-0.15, -0.1) is 0 Å². The molecule has 0 aromatic carbocycles. The fraction of sp³-hybridized carbons (Fsp3) is 1.00. The Kier molecular flexibility index (Phi) is 80.4. The van der Waals surface area contributed by atoms with Gasteiger partial charge in [-0.25, -0.2) is 0 Å². The maximum atomic E-state index is 10.4. The standard InChI is InChI=1S/C33H81N11O2Si.7C9H20O2Si/c1-47(2,3)31-7-30-46-32-33(45)8-19-42(20-11-36)23-16-40-17-25-44(24-15-39-14-10-35)29-27-41(18-6-4-5-9-34)26-28-43(21-12-37)22-13-38;7*1-12(2,3)6-4-5-10-7-9-8-11-9/h33,39-40,45H,4-32,34-38H2,1-3H3;7*9H,4-8H2,1-3H3. The first kappa shape index (κ1) is 132. The molecular weight excluding hydrogens is 1790 g/mol. The van der Waals surface area contributed by atoms with E-state index in [1.807, 2.05) is 0 Å². The van der Waals surface area contributed by atoms with Crippen LogP contribution in [0.5, 0.6) is 0 Å². The number of rotatable bonds is 79. The molecule has 7 saturated heterocycles. The Morgan fingerprint density at radius 1 is 0.244 bits per heavy atom. The van der Waals surface area contributed by atoms with Crippen molar-refractivity contribution in [3.05, 3.63) is 0 Å². The van der Waals surface area contributed by atoms with Crippen molar-refractivity contribution >= 4 is 64.6 Å². The average Bonchev–Trinajstić information content (AvgIpc) is 1.69. The Balaban J connectivity index is 0.00000163. The van der Waals surface area contributed by atoms with Crippen molar-refractivity contribution in [2.24, 2.45) is 28.7 Å². The van der Waals surface area contributed by atoms with Crippen molar-refractivity contribution in [1.29, 1.82) is 0 Å². The number of hydrogen-bond acceptors (Lipinski definition) is 27. The molecule has 0 aromatic heterocycles. The van der Waals surface area contributed by atoms with E-state index < -0.39 is 70.7 Å². The SMILES string of the molecule is C[Si](C)(C)CCCOCC(O)CCN(CCN)CCNCCN(CCNCCN)CCN(CCCCCN)CCN(CCN)CCN.C[Si](C)(C)CCCOCC1CO1.C[Si](C)(C)CCCOCC1CO1.C[Si](C)(C)CCCOCC1CO1.C[Si](C)(C)CCCOCC1CO1.C[Si](C)(C)CCCOCC1CO1.C[Si](C)(C)CCCOCC1CO1.C[Si](C)(C)CCCOCC1CO1. The molecule has 788 valence electrons. The number of aliphatic hydroxyl groups is 1. The summed E-state index contributed by atoms with van der Waals surface area (Å²) in [7, 11) is -6.84. The van der Waals surface area contributed by atoms with E-state index in [1.54, 1.807) is 0 Å². The summed E-state index contributed by atoms with van der Waals surface area (Å²) in [6.45, 7) is 95.7. The molecule has 27 nitrogen and oxygen atoms in total. The third-order valence-electron chi connectivity index (χ3n) is 21.9. The smallest absolute Gasteiger partial charge is 0.104 e. The van der Waals surface area contributed by atoms with Gasteiger partial charge in [0.15, 0.2) is 0 Å². The summed E-state index contributed by atoms with van der Waals surface area (Å²) >= 11 is 0. The van der Waals surface area contributed by atoms with E-state index in [9.17, 15) is 5.11 Å².